The van der Waals surface area contributed by atoms with E-state index in [0.717, 1.165) is 35.9 Å². The first-order valence-corrected chi connectivity index (χ1v) is 10.8. The van der Waals surface area contributed by atoms with Crippen LogP contribution in [0.3, 0.4) is 0 Å². The molecule has 0 bridgehead atoms. The molecule has 29 heavy (non-hydrogen) atoms. The van der Waals surface area contributed by atoms with Crippen molar-refractivity contribution in [3.63, 3.8) is 0 Å². The second-order valence-corrected chi connectivity index (χ2v) is 8.57. The van der Waals surface area contributed by atoms with Crippen LogP contribution in [0.4, 0.5) is 0 Å². The van der Waals surface area contributed by atoms with E-state index in [9.17, 15) is 0 Å². The number of nitrogens with zero attached hydrogens (tertiary/aromatic N) is 5. The molecule has 0 atom stereocenters. The summed E-state index contributed by atoms with van der Waals surface area (Å²) in [5, 5.41) is 9.07. The number of aromatic nitrogens is 3. The van der Waals surface area contributed by atoms with Crippen LogP contribution in [0.2, 0.25) is 5.02 Å². The third-order valence-electron chi connectivity index (χ3n) is 4.78. The third-order valence-corrected chi connectivity index (χ3v) is 6.16. The smallest absolute Gasteiger partial charge is 0.246 e. The first-order chi connectivity index (χ1) is 14.1. The lowest BCUT2D eigenvalue weighted by molar-refractivity contribution is 0.371. The number of guanidine groups is 1. The zero-order valence-corrected chi connectivity index (χ0v) is 18.1. The number of hydrogen-bond acceptors (Lipinski definition) is 6. The molecule has 7 nitrogen and oxygen atoms in total. The summed E-state index contributed by atoms with van der Waals surface area (Å²) in [6, 6.07) is 7.38. The lowest BCUT2D eigenvalue weighted by Gasteiger charge is -2.20. The Morgan fingerprint density at radius 2 is 2.17 bits per heavy atom. The Kier molecular flexibility index (Phi) is 6.10. The molecule has 0 saturated heterocycles. The van der Waals surface area contributed by atoms with Gasteiger partial charge in [0.1, 0.15) is 5.01 Å². The van der Waals surface area contributed by atoms with E-state index in [-0.39, 0.29) is 0 Å². The predicted molar refractivity (Wildman–Crippen MR) is 115 cm³/mol. The quantitative estimate of drug-likeness (QED) is 0.488. The van der Waals surface area contributed by atoms with Crippen molar-refractivity contribution in [1.82, 2.24) is 25.3 Å². The van der Waals surface area contributed by atoms with E-state index < -0.39 is 0 Å². The molecule has 152 valence electrons. The van der Waals surface area contributed by atoms with Crippen LogP contribution in [0.25, 0.3) is 11.4 Å². The van der Waals surface area contributed by atoms with Crippen molar-refractivity contribution in [1.29, 1.82) is 0 Å². The molecule has 1 aromatic carbocycles. The van der Waals surface area contributed by atoms with Crippen molar-refractivity contribution in [3.05, 3.63) is 50.8 Å². The Morgan fingerprint density at radius 3 is 2.97 bits per heavy atom. The van der Waals surface area contributed by atoms with Gasteiger partial charge in [-0.25, -0.2) is 4.98 Å². The average molecular weight is 431 g/mol. The molecule has 3 aromatic rings. The highest BCUT2D eigenvalue weighted by molar-refractivity contribution is 7.11. The third kappa shape index (κ3) is 4.76. The fraction of sp³-hybridized carbons (Fsp3) is 0.400. The van der Waals surface area contributed by atoms with Crippen LogP contribution in [0.1, 0.15) is 34.3 Å². The van der Waals surface area contributed by atoms with Gasteiger partial charge in [-0.05, 0) is 37.8 Å². The number of halogens is 1. The summed E-state index contributed by atoms with van der Waals surface area (Å²) < 4.78 is 5.36. The SMILES string of the molecule is CN=C(NCc1nc(-c2cccc(Cl)c2)no1)N(C)Cc1nc2c(s1)CCCC2. The second-order valence-electron chi connectivity index (χ2n) is 6.96. The standard InChI is InChI=1S/C20H23ClN6OS/c1-22-20(27(2)12-18-24-15-8-3-4-9-16(15)29-18)23-11-17-25-19(26-28-17)13-6-5-7-14(21)10-13/h5-7,10H,3-4,8-9,11-12H2,1-2H3,(H,22,23). The normalized spacial score (nSPS) is 14.0. The van der Waals surface area contributed by atoms with Crippen LogP contribution < -0.4 is 5.32 Å². The fourth-order valence-corrected chi connectivity index (χ4v) is 4.76. The maximum Gasteiger partial charge on any atom is 0.246 e. The predicted octanol–water partition coefficient (Wildman–Crippen LogP) is 3.93. The Bertz CT molecular complexity index is 991. The molecule has 9 heteroatoms. The summed E-state index contributed by atoms with van der Waals surface area (Å²) in [7, 11) is 3.76. The van der Waals surface area contributed by atoms with E-state index in [1.54, 1.807) is 7.05 Å². The van der Waals surface area contributed by atoms with Gasteiger partial charge in [0.2, 0.25) is 11.7 Å². The zero-order chi connectivity index (χ0) is 20.2. The largest absolute Gasteiger partial charge is 0.347 e. The Labute approximate surface area is 178 Å². The molecule has 2 aromatic heterocycles. The maximum atomic E-state index is 6.03. The van der Waals surface area contributed by atoms with Crippen molar-refractivity contribution in [2.75, 3.05) is 14.1 Å². The van der Waals surface area contributed by atoms with Crippen molar-refractivity contribution in [2.45, 2.75) is 38.8 Å². The van der Waals surface area contributed by atoms with Crippen molar-refractivity contribution in [2.24, 2.45) is 4.99 Å². The van der Waals surface area contributed by atoms with Gasteiger partial charge >= 0.3 is 0 Å². The summed E-state index contributed by atoms with van der Waals surface area (Å²) in [6.07, 6.45) is 4.79. The Hall–Kier alpha value is -2.45. The van der Waals surface area contributed by atoms with Gasteiger partial charge in [-0.3, -0.25) is 4.99 Å². The van der Waals surface area contributed by atoms with Crippen LogP contribution in [-0.4, -0.2) is 40.1 Å². The van der Waals surface area contributed by atoms with Crippen molar-refractivity contribution < 1.29 is 4.52 Å². The minimum Gasteiger partial charge on any atom is -0.347 e. The summed E-state index contributed by atoms with van der Waals surface area (Å²) in [5.74, 6) is 1.75. The van der Waals surface area contributed by atoms with Crippen molar-refractivity contribution >= 4 is 28.9 Å². The van der Waals surface area contributed by atoms with E-state index in [1.165, 1.54) is 23.4 Å². The number of nitrogens with one attached hydrogen (secondary N) is 1. The molecule has 4 rings (SSSR count). The molecule has 0 unspecified atom stereocenters. The average Bonchev–Trinajstić information content (AvgIpc) is 3.35. The number of aryl methyl sites for hydroxylation is 2. The molecule has 0 aliphatic heterocycles. The number of fused-ring (bicyclic) bond motifs is 1. The zero-order valence-electron chi connectivity index (χ0n) is 16.5. The summed E-state index contributed by atoms with van der Waals surface area (Å²) >= 11 is 7.85. The Morgan fingerprint density at radius 1 is 1.31 bits per heavy atom. The van der Waals surface area contributed by atoms with Crippen molar-refractivity contribution in [3.8, 4) is 11.4 Å². The lowest BCUT2D eigenvalue weighted by Crippen LogP contribution is -2.38. The topological polar surface area (TPSA) is 79.4 Å². The fourth-order valence-electron chi connectivity index (χ4n) is 3.36. The number of benzene rings is 1. The summed E-state index contributed by atoms with van der Waals surface area (Å²) in [5.41, 5.74) is 2.11. The molecule has 1 aliphatic carbocycles. The van der Waals surface area contributed by atoms with Gasteiger partial charge in [-0.15, -0.1) is 11.3 Å². The monoisotopic (exact) mass is 430 g/mol. The van der Waals surface area contributed by atoms with E-state index in [4.69, 9.17) is 21.1 Å². The minimum atomic E-state index is 0.388. The van der Waals surface area contributed by atoms with Gasteiger partial charge < -0.3 is 14.7 Å². The second kappa shape index (κ2) is 8.92. The molecular formula is C20H23ClN6OS. The molecule has 1 N–H and O–H groups in total. The summed E-state index contributed by atoms with van der Waals surface area (Å²) in [6.45, 7) is 1.11. The Balaban J connectivity index is 1.36. The van der Waals surface area contributed by atoms with Gasteiger partial charge in [0.05, 0.1) is 18.8 Å². The number of hydrogen-bond donors (Lipinski definition) is 1. The number of rotatable bonds is 5. The number of aliphatic imine (C=N–C) groups is 1. The molecule has 0 spiro atoms. The first kappa shape index (κ1) is 19.8. The van der Waals surface area contributed by atoms with Gasteiger partial charge in [0, 0.05) is 29.6 Å². The highest BCUT2D eigenvalue weighted by Gasteiger charge is 2.17. The van der Waals surface area contributed by atoms with Crippen LogP contribution in [0.15, 0.2) is 33.8 Å². The molecule has 0 amide bonds. The number of thiazole rings is 1. The molecule has 1 aliphatic rings. The van der Waals surface area contributed by atoms with E-state index >= 15 is 0 Å². The molecule has 2 heterocycles. The molecule has 0 radical (unpaired) electrons. The van der Waals surface area contributed by atoms with E-state index in [2.05, 4.69) is 25.3 Å². The lowest BCUT2D eigenvalue weighted by atomic mass is 10.0. The maximum absolute atomic E-state index is 6.03. The van der Waals surface area contributed by atoms with Gasteiger partial charge in [0.25, 0.3) is 0 Å². The van der Waals surface area contributed by atoms with E-state index in [0.29, 0.717) is 23.3 Å². The van der Waals surface area contributed by atoms with Crippen LogP contribution in [0, 0.1) is 0 Å². The van der Waals surface area contributed by atoms with Crippen LogP contribution >= 0.6 is 22.9 Å². The van der Waals surface area contributed by atoms with Gasteiger partial charge in [-0.1, -0.05) is 28.9 Å². The van der Waals surface area contributed by atoms with Crippen LogP contribution in [-0.2, 0) is 25.9 Å². The minimum absolute atomic E-state index is 0.388. The van der Waals surface area contributed by atoms with E-state index in [1.807, 2.05) is 42.6 Å². The highest BCUT2D eigenvalue weighted by atomic mass is 35.5. The molecule has 0 saturated carbocycles. The van der Waals surface area contributed by atoms with Gasteiger partial charge in [-0.2, -0.15) is 4.98 Å². The molecule has 0 fully saturated rings. The first-order valence-electron chi connectivity index (χ1n) is 9.60. The summed E-state index contributed by atoms with van der Waals surface area (Å²) in [4.78, 5) is 17.1. The highest BCUT2D eigenvalue weighted by Crippen LogP contribution is 2.27. The van der Waals surface area contributed by atoms with Crippen LogP contribution in [0.5, 0.6) is 0 Å². The van der Waals surface area contributed by atoms with Gasteiger partial charge in [0.15, 0.2) is 5.96 Å². The molecular weight excluding hydrogens is 408 g/mol.